The van der Waals surface area contributed by atoms with Crippen molar-refractivity contribution >= 4 is 17.2 Å². The van der Waals surface area contributed by atoms with E-state index >= 15 is 0 Å². The van der Waals surface area contributed by atoms with Crippen LogP contribution in [0.4, 0.5) is 0 Å². The van der Waals surface area contributed by atoms with Crippen LogP contribution in [0, 0.1) is 0 Å². The van der Waals surface area contributed by atoms with Gasteiger partial charge in [0.15, 0.2) is 0 Å². The van der Waals surface area contributed by atoms with Gasteiger partial charge in [-0.1, -0.05) is 0 Å². The minimum Gasteiger partial charge on any atom is -0.337 e. The third-order valence-corrected chi connectivity index (χ3v) is 3.95. The van der Waals surface area contributed by atoms with E-state index in [9.17, 15) is 4.79 Å². The maximum Gasteiger partial charge on any atom is 0.273 e. The molecule has 1 aliphatic rings. The highest BCUT2D eigenvalue weighted by Gasteiger charge is 2.26. The molecule has 5 nitrogen and oxygen atoms in total. The van der Waals surface area contributed by atoms with Crippen molar-refractivity contribution in [3.05, 3.63) is 40.9 Å². The molecule has 1 atom stereocenters. The molecule has 2 aromatic rings. The Morgan fingerprint density at radius 1 is 1.37 bits per heavy atom. The van der Waals surface area contributed by atoms with Crippen molar-refractivity contribution in [1.82, 2.24) is 19.9 Å². The van der Waals surface area contributed by atoms with Gasteiger partial charge in [0.25, 0.3) is 5.91 Å². The van der Waals surface area contributed by atoms with Gasteiger partial charge in [-0.15, -0.1) is 11.3 Å². The molecule has 0 aliphatic carbocycles. The highest BCUT2D eigenvalue weighted by Crippen LogP contribution is 2.25. The Morgan fingerprint density at radius 2 is 2.32 bits per heavy atom. The number of aromatic nitrogens is 3. The summed E-state index contributed by atoms with van der Waals surface area (Å²) in [7, 11) is 0. The van der Waals surface area contributed by atoms with E-state index in [4.69, 9.17) is 0 Å². The Morgan fingerprint density at radius 3 is 3.05 bits per heavy atom. The molecule has 3 heterocycles. The Labute approximate surface area is 115 Å². The summed E-state index contributed by atoms with van der Waals surface area (Å²) in [4.78, 5) is 26.7. The standard InChI is InChI=1S/C13H14N4OS/c18-13(12-8-19-9-16-12)17-5-1-2-10(7-17)11-6-14-3-4-15-11/h3-4,6,8-10H,1-2,5,7H2/t10-/m0/s1. The molecule has 2 aromatic heterocycles. The normalized spacial score (nSPS) is 19.4. The van der Waals surface area contributed by atoms with Gasteiger partial charge < -0.3 is 4.90 Å². The molecule has 19 heavy (non-hydrogen) atoms. The molecule has 0 bridgehead atoms. The molecular weight excluding hydrogens is 260 g/mol. The van der Waals surface area contributed by atoms with Gasteiger partial charge in [0.05, 0.1) is 11.2 Å². The number of carbonyl (C=O) groups excluding carboxylic acids is 1. The number of amides is 1. The van der Waals surface area contributed by atoms with E-state index in [1.807, 2.05) is 4.90 Å². The lowest BCUT2D eigenvalue weighted by Crippen LogP contribution is -2.39. The van der Waals surface area contributed by atoms with Gasteiger partial charge in [-0.25, -0.2) is 4.98 Å². The molecule has 0 N–H and O–H groups in total. The first kappa shape index (κ1) is 12.2. The van der Waals surface area contributed by atoms with Crippen molar-refractivity contribution in [2.75, 3.05) is 13.1 Å². The fourth-order valence-corrected chi connectivity index (χ4v) is 2.93. The molecule has 1 amide bonds. The van der Waals surface area contributed by atoms with Crippen molar-refractivity contribution < 1.29 is 4.79 Å². The predicted octanol–water partition coefficient (Wildman–Crippen LogP) is 1.95. The van der Waals surface area contributed by atoms with Crippen LogP contribution in [0.25, 0.3) is 0 Å². The number of nitrogens with zero attached hydrogens (tertiary/aromatic N) is 4. The van der Waals surface area contributed by atoms with Crippen LogP contribution in [-0.4, -0.2) is 38.8 Å². The van der Waals surface area contributed by atoms with Gasteiger partial charge in [0, 0.05) is 43.0 Å². The Bertz CT molecular complexity index is 543. The van der Waals surface area contributed by atoms with Crippen molar-refractivity contribution in [3.8, 4) is 0 Å². The smallest absolute Gasteiger partial charge is 0.273 e. The molecule has 0 aromatic carbocycles. The van der Waals surface area contributed by atoms with Crippen LogP contribution in [0.2, 0.25) is 0 Å². The van der Waals surface area contributed by atoms with E-state index in [0.29, 0.717) is 12.2 Å². The highest BCUT2D eigenvalue weighted by molar-refractivity contribution is 7.07. The summed E-state index contributed by atoms with van der Waals surface area (Å²) in [6.45, 7) is 1.50. The summed E-state index contributed by atoms with van der Waals surface area (Å²) in [5.74, 6) is 0.305. The van der Waals surface area contributed by atoms with Crippen molar-refractivity contribution in [2.45, 2.75) is 18.8 Å². The summed E-state index contributed by atoms with van der Waals surface area (Å²) < 4.78 is 0. The number of carbonyl (C=O) groups is 1. The van der Waals surface area contributed by atoms with E-state index in [1.165, 1.54) is 11.3 Å². The molecule has 0 saturated carbocycles. The lowest BCUT2D eigenvalue weighted by Gasteiger charge is -2.31. The van der Waals surface area contributed by atoms with Crippen LogP contribution in [-0.2, 0) is 0 Å². The van der Waals surface area contributed by atoms with Crippen molar-refractivity contribution in [1.29, 1.82) is 0 Å². The zero-order valence-electron chi connectivity index (χ0n) is 10.4. The van der Waals surface area contributed by atoms with Crippen LogP contribution in [0.5, 0.6) is 0 Å². The third kappa shape index (κ3) is 2.63. The highest BCUT2D eigenvalue weighted by atomic mass is 32.1. The first-order valence-corrected chi connectivity index (χ1v) is 7.22. The Hall–Kier alpha value is -1.82. The van der Waals surface area contributed by atoms with Crippen molar-refractivity contribution in [3.63, 3.8) is 0 Å². The zero-order valence-corrected chi connectivity index (χ0v) is 11.2. The summed E-state index contributed by atoms with van der Waals surface area (Å²) in [5, 5.41) is 1.80. The Balaban J connectivity index is 1.73. The van der Waals surface area contributed by atoms with Crippen molar-refractivity contribution in [2.24, 2.45) is 0 Å². The Kier molecular flexibility index (Phi) is 3.50. The molecular formula is C13H14N4OS. The van der Waals surface area contributed by atoms with E-state index in [-0.39, 0.29) is 11.8 Å². The van der Waals surface area contributed by atoms with E-state index < -0.39 is 0 Å². The molecule has 1 saturated heterocycles. The van der Waals surface area contributed by atoms with E-state index in [2.05, 4.69) is 15.0 Å². The molecule has 0 radical (unpaired) electrons. The number of hydrogen-bond acceptors (Lipinski definition) is 5. The molecule has 98 valence electrons. The minimum atomic E-state index is 0.0230. The first-order valence-electron chi connectivity index (χ1n) is 6.28. The van der Waals surface area contributed by atoms with Crippen LogP contribution in [0.3, 0.4) is 0 Å². The molecule has 1 aliphatic heterocycles. The molecule has 0 unspecified atom stereocenters. The van der Waals surface area contributed by atoms with Gasteiger partial charge in [-0.2, -0.15) is 0 Å². The number of thiazole rings is 1. The second-order valence-corrected chi connectivity index (χ2v) is 5.31. The van der Waals surface area contributed by atoms with Gasteiger partial charge in [-0.3, -0.25) is 14.8 Å². The second kappa shape index (κ2) is 5.44. The average molecular weight is 274 g/mol. The van der Waals surface area contributed by atoms with Crippen LogP contribution < -0.4 is 0 Å². The second-order valence-electron chi connectivity index (χ2n) is 4.59. The van der Waals surface area contributed by atoms with Gasteiger partial charge in [0.1, 0.15) is 5.69 Å². The zero-order chi connectivity index (χ0) is 13.1. The molecule has 6 heteroatoms. The van der Waals surface area contributed by atoms with Crippen LogP contribution in [0.15, 0.2) is 29.5 Å². The van der Waals surface area contributed by atoms with E-state index in [0.717, 1.165) is 25.1 Å². The minimum absolute atomic E-state index is 0.0230. The monoisotopic (exact) mass is 274 g/mol. The lowest BCUT2D eigenvalue weighted by molar-refractivity contribution is 0.0700. The maximum absolute atomic E-state index is 12.3. The van der Waals surface area contributed by atoms with Gasteiger partial charge >= 0.3 is 0 Å². The lowest BCUT2D eigenvalue weighted by atomic mass is 9.95. The number of likely N-dealkylation sites (tertiary alicyclic amines) is 1. The van der Waals surface area contributed by atoms with Crippen LogP contribution >= 0.6 is 11.3 Å². The SMILES string of the molecule is O=C(c1cscn1)N1CCC[C@H](c2cnccn2)C1. The fraction of sp³-hybridized carbons (Fsp3) is 0.385. The summed E-state index contributed by atoms with van der Waals surface area (Å²) in [5.41, 5.74) is 3.21. The number of hydrogen-bond donors (Lipinski definition) is 0. The maximum atomic E-state index is 12.3. The predicted molar refractivity (Wildman–Crippen MR) is 72.0 cm³/mol. The van der Waals surface area contributed by atoms with Crippen LogP contribution in [0.1, 0.15) is 34.9 Å². The summed E-state index contributed by atoms with van der Waals surface area (Å²) in [6.07, 6.45) is 7.22. The third-order valence-electron chi connectivity index (χ3n) is 3.36. The molecule has 0 spiro atoms. The largest absolute Gasteiger partial charge is 0.337 e. The van der Waals surface area contributed by atoms with Gasteiger partial charge in [0.2, 0.25) is 0 Å². The topological polar surface area (TPSA) is 59.0 Å². The first-order chi connectivity index (χ1) is 9.34. The summed E-state index contributed by atoms with van der Waals surface area (Å²) in [6, 6.07) is 0. The van der Waals surface area contributed by atoms with Gasteiger partial charge in [-0.05, 0) is 12.8 Å². The summed E-state index contributed by atoms with van der Waals surface area (Å²) >= 11 is 1.45. The van der Waals surface area contributed by atoms with E-state index in [1.54, 1.807) is 29.5 Å². The average Bonchev–Trinajstić information content (AvgIpc) is 3.02. The number of rotatable bonds is 2. The number of piperidine rings is 1. The molecule has 3 rings (SSSR count). The molecule has 1 fully saturated rings. The fourth-order valence-electron chi connectivity index (χ4n) is 2.40. The quantitative estimate of drug-likeness (QED) is 0.840.